The molecule has 8 heteroatoms. The molecule has 0 unspecified atom stereocenters. The molecule has 1 N–H and O–H groups in total. The van der Waals surface area contributed by atoms with Crippen LogP contribution >= 0.6 is 0 Å². The van der Waals surface area contributed by atoms with Gasteiger partial charge in [-0.3, -0.25) is 14.4 Å². The van der Waals surface area contributed by atoms with Gasteiger partial charge >= 0.3 is 0 Å². The number of aromatic hydroxyl groups is 1. The first kappa shape index (κ1) is 24.4. The highest BCUT2D eigenvalue weighted by Crippen LogP contribution is 2.29. The van der Waals surface area contributed by atoms with Gasteiger partial charge in [-0.25, -0.2) is 0 Å². The number of hydrogen-bond donors (Lipinski definition) is 1. The summed E-state index contributed by atoms with van der Waals surface area (Å²) in [5.74, 6) is 1.51. The number of nitrogens with zero attached hydrogens (tertiary/aromatic N) is 3. The number of ether oxygens (including phenoxy) is 3. The Morgan fingerprint density at radius 2 is 1.85 bits per heavy atom. The van der Waals surface area contributed by atoms with Crippen LogP contribution in [0.1, 0.15) is 29.2 Å². The van der Waals surface area contributed by atoms with Gasteiger partial charge in [-0.15, -0.1) is 0 Å². The number of methoxy groups -OCH3 is 2. The molecule has 3 rings (SSSR count). The van der Waals surface area contributed by atoms with E-state index < -0.39 is 5.56 Å². The Morgan fingerprint density at radius 1 is 1.12 bits per heavy atom. The zero-order chi connectivity index (χ0) is 24.7. The van der Waals surface area contributed by atoms with Gasteiger partial charge in [0.15, 0.2) is 11.5 Å². The molecule has 0 saturated heterocycles. The normalized spacial score (nSPS) is 10.8. The average Bonchev–Trinajstić information content (AvgIpc) is 2.85. The van der Waals surface area contributed by atoms with E-state index in [1.54, 1.807) is 39.3 Å². The first-order valence-electron chi connectivity index (χ1n) is 10.8. The Hall–Kier alpha value is -4.25. The van der Waals surface area contributed by atoms with Crippen LogP contribution in [0.5, 0.6) is 23.1 Å². The van der Waals surface area contributed by atoms with E-state index in [0.29, 0.717) is 47.1 Å². The van der Waals surface area contributed by atoms with Gasteiger partial charge in [0.2, 0.25) is 5.88 Å². The SMILES string of the molecule is CCOc1ccccc1N=Cc1c(C)c(C#N)c(=O)n(CCc2ccc(OC)c(OC)c2)c1O. The zero-order valence-electron chi connectivity index (χ0n) is 19.7. The maximum absolute atomic E-state index is 12.9. The molecule has 3 aromatic rings. The molecule has 2 aromatic carbocycles. The summed E-state index contributed by atoms with van der Waals surface area (Å²) in [6.45, 7) is 4.14. The molecule has 0 spiro atoms. The molecule has 0 aliphatic rings. The topological polar surface area (TPSA) is 106 Å². The maximum atomic E-state index is 12.9. The van der Waals surface area contributed by atoms with Crippen molar-refractivity contribution >= 4 is 11.9 Å². The standard InChI is InChI=1S/C26H27N3O5/c1-5-34-22-9-7-6-8-21(22)28-16-20-17(2)19(15-27)25(30)29(26(20)31)13-12-18-10-11-23(32-3)24(14-18)33-4/h6-11,14,16,31H,5,12-13H2,1-4H3. The van der Waals surface area contributed by atoms with Crippen LogP contribution in [0, 0.1) is 18.3 Å². The van der Waals surface area contributed by atoms with Crippen LogP contribution < -0.4 is 19.8 Å². The number of rotatable bonds is 9. The molecule has 0 saturated carbocycles. The highest BCUT2D eigenvalue weighted by molar-refractivity contribution is 5.87. The minimum absolute atomic E-state index is 0.0374. The third-order valence-electron chi connectivity index (χ3n) is 5.42. The highest BCUT2D eigenvalue weighted by atomic mass is 16.5. The van der Waals surface area contributed by atoms with Gasteiger partial charge in [0.1, 0.15) is 23.1 Å². The van der Waals surface area contributed by atoms with Crippen molar-refractivity contribution in [3.8, 4) is 29.2 Å². The minimum Gasteiger partial charge on any atom is -0.494 e. The van der Waals surface area contributed by atoms with Crippen LogP contribution in [-0.4, -0.2) is 36.7 Å². The van der Waals surface area contributed by atoms with Gasteiger partial charge in [-0.2, -0.15) is 5.26 Å². The summed E-state index contributed by atoms with van der Waals surface area (Å²) in [7, 11) is 3.10. The van der Waals surface area contributed by atoms with Crippen LogP contribution in [0.2, 0.25) is 0 Å². The van der Waals surface area contributed by atoms with Gasteiger partial charge in [0.05, 0.1) is 26.4 Å². The highest BCUT2D eigenvalue weighted by Gasteiger charge is 2.18. The molecule has 0 aliphatic carbocycles. The predicted molar refractivity (Wildman–Crippen MR) is 130 cm³/mol. The van der Waals surface area contributed by atoms with Crippen molar-refractivity contribution in [3.63, 3.8) is 0 Å². The number of nitriles is 1. The van der Waals surface area contributed by atoms with E-state index in [1.165, 1.54) is 10.8 Å². The lowest BCUT2D eigenvalue weighted by atomic mass is 10.1. The van der Waals surface area contributed by atoms with Crippen molar-refractivity contribution in [2.75, 3.05) is 20.8 Å². The van der Waals surface area contributed by atoms with E-state index in [9.17, 15) is 15.2 Å². The third kappa shape index (κ3) is 5.04. The van der Waals surface area contributed by atoms with E-state index in [0.717, 1.165) is 5.56 Å². The van der Waals surface area contributed by atoms with Crippen molar-refractivity contribution in [2.45, 2.75) is 26.8 Å². The van der Waals surface area contributed by atoms with E-state index in [2.05, 4.69) is 4.99 Å². The fourth-order valence-electron chi connectivity index (χ4n) is 3.59. The molecular formula is C26H27N3O5. The maximum Gasteiger partial charge on any atom is 0.271 e. The fraction of sp³-hybridized carbons (Fsp3) is 0.269. The van der Waals surface area contributed by atoms with Crippen LogP contribution in [0.4, 0.5) is 5.69 Å². The lowest BCUT2D eigenvalue weighted by Crippen LogP contribution is -2.26. The number of aliphatic imine (C=N–C) groups is 1. The van der Waals surface area contributed by atoms with Crippen molar-refractivity contribution in [3.05, 3.63) is 75.1 Å². The van der Waals surface area contributed by atoms with Gasteiger partial charge in [-0.1, -0.05) is 18.2 Å². The van der Waals surface area contributed by atoms with Crippen LogP contribution in [0.15, 0.2) is 52.3 Å². The summed E-state index contributed by atoms with van der Waals surface area (Å²) >= 11 is 0. The van der Waals surface area contributed by atoms with Crippen molar-refractivity contribution in [1.82, 2.24) is 4.57 Å². The monoisotopic (exact) mass is 461 g/mol. The Morgan fingerprint density at radius 3 is 2.53 bits per heavy atom. The number of benzene rings is 2. The molecule has 0 radical (unpaired) electrons. The average molecular weight is 462 g/mol. The Labute approximate surface area is 198 Å². The number of aromatic nitrogens is 1. The summed E-state index contributed by atoms with van der Waals surface area (Å²) in [5.41, 5.74) is 1.53. The Kier molecular flexibility index (Phi) is 7.93. The second kappa shape index (κ2) is 11.1. The largest absolute Gasteiger partial charge is 0.494 e. The van der Waals surface area contributed by atoms with Gasteiger partial charge in [0, 0.05) is 12.8 Å². The van der Waals surface area contributed by atoms with E-state index in [4.69, 9.17) is 14.2 Å². The van der Waals surface area contributed by atoms with E-state index >= 15 is 0 Å². The van der Waals surface area contributed by atoms with Crippen molar-refractivity contribution in [1.29, 1.82) is 5.26 Å². The number of pyridine rings is 1. The molecule has 0 amide bonds. The molecule has 8 nitrogen and oxygen atoms in total. The summed E-state index contributed by atoms with van der Waals surface area (Å²) in [6.07, 6.45) is 1.88. The van der Waals surface area contributed by atoms with Crippen molar-refractivity contribution < 1.29 is 19.3 Å². The fourth-order valence-corrected chi connectivity index (χ4v) is 3.59. The first-order chi connectivity index (χ1) is 16.4. The lowest BCUT2D eigenvalue weighted by molar-refractivity contribution is 0.341. The summed E-state index contributed by atoms with van der Waals surface area (Å²) in [5, 5.41) is 20.6. The summed E-state index contributed by atoms with van der Waals surface area (Å²) < 4.78 is 17.4. The van der Waals surface area contributed by atoms with E-state index in [1.807, 2.05) is 37.3 Å². The van der Waals surface area contributed by atoms with Gasteiger partial charge < -0.3 is 19.3 Å². The van der Waals surface area contributed by atoms with Crippen LogP contribution in [0.25, 0.3) is 0 Å². The zero-order valence-corrected chi connectivity index (χ0v) is 19.7. The summed E-state index contributed by atoms with van der Waals surface area (Å²) in [4.78, 5) is 17.4. The predicted octanol–water partition coefficient (Wildman–Crippen LogP) is 4.14. The molecule has 1 heterocycles. The number of para-hydroxylation sites is 2. The molecule has 0 atom stereocenters. The number of hydrogen-bond acceptors (Lipinski definition) is 7. The van der Waals surface area contributed by atoms with Gasteiger partial charge in [-0.05, 0) is 55.7 Å². The minimum atomic E-state index is -0.551. The molecule has 176 valence electrons. The second-order valence-electron chi connectivity index (χ2n) is 7.40. The first-order valence-corrected chi connectivity index (χ1v) is 10.8. The van der Waals surface area contributed by atoms with Crippen molar-refractivity contribution in [2.24, 2.45) is 4.99 Å². The molecule has 0 aliphatic heterocycles. The van der Waals surface area contributed by atoms with Crippen LogP contribution in [-0.2, 0) is 13.0 Å². The molecule has 0 bridgehead atoms. The third-order valence-corrected chi connectivity index (χ3v) is 5.42. The summed E-state index contributed by atoms with van der Waals surface area (Å²) in [6, 6.07) is 14.7. The molecule has 1 aromatic heterocycles. The molecule has 34 heavy (non-hydrogen) atoms. The lowest BCUT2D eigenvalue weighted by Gasteiger charge is -2.15. The Balaban J connectivity index is 1.99. The smallest absolute Gasteiger partial charge is 0.271 e. The number of aryl methyl sites for hydroxylation is 1. The molecule has 0 fully saturated rings. The van der Waals surface area contributed by atoms with Crippen LogP contribution in [0.3, 0.4) is 0 Å². The Bertz CT molecular complexity index is 1310. The quantitative estimate of drug-likeness (QED) is 0.480. The molecular weight excluding hydrogens is 434 g/mol. The van der Waals surface area contributed by atoms with Gasteiger partial charge in [0.25, 0.3) is 5.56 Å². The second-order valence-corrected chi connectivity index (χ2v) is 7.40. The van der Waals surface area contributed by atoms with E-state index in [-0.39, 0.29) is 18.0 Å².